The highest BCUT2D eigenvalue weighted by atomic mass is 19.1. The Morgan fingerprint density at radius 1 is 1.09 bits per heavy atom. The first-order valence-electron chi connectivity index (χ1n) is 15.4. The van der Waals surface area contributed by atoms with Crippen LogP contribution in [0.4, 0.5) is 14.6 Å². The van der Waals surface area contributed by atoms with Crippen molar-refractivity contribution in [1.82, 2.24) is 25.2 Å². The number of ether oxygens (including phenoxy) is 2. The molecule has 0 spiro atoms. The Labute approximate surface area is 265 Å². The molecule has 4 aromatic rings. The van der Waals surface area contributed by atoms with Gasteiger partial charge in [0.1, 0.15) is 40.9 Å². The standard InChI is InChI=1S/C35H34F2N6O3/c1-5-7-28-30-33(31(37)32(39-28)26-14-23(44)12-19-8-11-27(36)25(6-2)29(19)26)40-35(46-18-22-13-24(45-4)17-42(22)3)41-34(30)43-15-20-9-10-21(16-43)38-20/h2,8,11-12,14,20-22,24,38,44H,9-10,13,15-18H2,1,3-4H3/t20-,21+,22-,24+/m0/s1. The summed E-state index contributed by atoms with van der Waals surface area (Å²) in [7, 11) is 3.71. The van der Waals surface area contributed by atoms with Gasteiger partial charge in [0.2, 0.25) is 0 Å². The maximum Gasteiger partial charge on any atom is 0.319 e. The quantitative estimate of drug-likeness (QED) is 0.306. The highest BCUT2D eigenvalue weighted by Crippen LogP contribution is 2.40. The van der Waals surface area contributed by atoms with E-state index in [-0.39, 0.29) is 76.0 Å². The summed E-state index contributed by atoms with van der Waals surface area (Å²) in [6.07, 6.45) is 8.68. The molecule has 2 aromatic carbocycles. The van der Waals surface area contributed by atoms with E-state index in [1.165, 1.54) is 24.3 Å². The number of halogens is 2. The number of aromatic hydroxyl groups is 1. The zero-order chi connectivity index (χ0) is 32.1. The van der Waals surface area contributed by atoms with Gasteiger partial charge in [-0.1, -0.05) is 17.9 Å². The van der Waals surface area contributed by atoms with E-state index in [2.05, 4.69) is 37.9 Å². The molecule has 3 aliphatic rings. The molecule has 0 radical (unpaired) electrons. The fourth-order valence-electron chi connectivity index (χ4n) is 7.10. The normalized spacial score (nSPS) is 22.7. The van der Waals surface area contributed by atoms with Crippen LogP contribution in [0.25, 0.3) is 32.9 Å². The van der Waals surface area contributed by atoms with Gasteiger partial charge in [-0.25, -0.2) is 13.8 Å². The van der Waals surface area contributed by atoms with Crippen molar-refractivity contribution in [3.05, 3.63) is 47.2 Å². The molecule has 9 nitrogen and oxygen atoms in total. The molecule has 236 valence electrons. The molecule has 2 aromatic heterocycles. The van der Waals surface area contributed by atoms with Crippen LogP contribution in [0.2, 0.25) is 0 Å². The maximum atomic E-state index is 17.0. The van der Waals surface area contributed by atoms with E-state index in [0.29, 0.717) is 29.7 Å². The molecular formula is C35H34F2N6O3. The molecule has 0 unspecified atom stereocenters. The van der Waals surface area contributed by atoms with Crippen LogP contribution in [0.3, 0.4) is 0 Å². The minimum atomic E-state index is -0.778. The molecular weight excluding hydrogens is 590 g/mol. The molecule has 3 saturated heterocycles. The van der Waals surface area contributed by atoms with Gasteiger partial charge in [0.05, 0.1) is 17.1 Å². The average molecular weight is 625 g/mol. The molecule has 7 rings (SSSR count). The van der Waals surface area contributed by atoms with Crippen molar-refractivity contribution in [2.45, 2.75) is 50.4 Å². The second-order valence-electron chi connectivity index (χ2n) is 12.3. The second kappa shape index (κ2) is 12.0. The lowest BCUT2D eigenvalue weighted by Gasteiger charge is -2.34. The summed E-state index contributed by atoms with van der Waals surface area (Å²) in [6, 6.07) is 6.14. The van der Waals surface area contributed by atoms with Crippen LogP contribution in [0.1, 0.15) is 37.4 Å². The van der Waals surface area contributed by atoms with E-state index < -0.39 is 11.6 Å². The largest absolute Gasteiger partial charge is 0.508 e. The molecule has 0 amide bonds. The third-order valence-corrected chi connectivity index (χ3v) is 9.34. The van der Waals surface area contributed by atoms with Crippen LogP contribution in [-0.2, 0) is 4.74 Å². The summed E-state index contributed by atoms with van der Waals surface area (Å²) in [5, 5.41) is 15.3. The summed E-state index contributed by atoms with van der Waals surface area (Å²) in [5.41, 5.74) is 0.133. The zero-order valence-corrected chi connectivity index (χ0v) is 25.9. The predicted octanol–water partition coefficient (Wildman–Crippen LogP) is 4.22. The van der Waals surface area contributed by atoms with E-state index in [4.69, 9.17) is 25.9 Å². The Morgan fingerprint density at radius 2 is 1.87 bits per heavy atom. The molecule has 3 fully saturated rings. The van der Waals surface area contributed by atoms with Crippen molar-refractivity contribution >= 4 is 27.5 Å². The monoisotopic (exact) mass is 624 g/mol. The molecule has 5 heterocycles. The van der Waals surface area contributed by atoms with E-state index in [0.717, 1.165) is 25.8 Å². The van der Waals surface area contributed by atoms with Gasteiger partial charge in [0, 0.05) is 55.8 Å². The van der Waals surface area contributed by atoms with Crippen LogP contribution in [-0.4, -0.2) is 89.6 Å². The number of phenolic OH excluding ortho intramolecular Hbond substituents is 1. The molecule has 11 heteroatoms. The summed E-state index contributed by atoms with van der Waals surface area (Å²) in [4.78, 5) is 18.5. The molecule has 4 atom stereocenters. The van der Waals surface area contributed by atoms with Crippen molar-refractivity contribution in [2.24, 2.45) is 0 Å². The first kappa shape index (κ1) is 30.1. The van der Waals surface area contributed by atoms with Gasteiger partial charge in [-0.05, 0) is 62.7 Å². The number of benzene rings is 2. The fourth-order valence-corrected chi connectivity index (χ4v) is 7.10. The number of pyridine rings is 1. The first-order chi connectivity index (χ1) is 22.3. The third kappa shape index (κ3) is 5.25. The third-order valence-electron chi connectivity index (χ3n) is 9.34. The number of hydrogen-bond acceptors (Lipinski definition) is 9. The number of aromatic nitrogens is 3. The lowest BCUT2D eigenvalue weighted by atomic mass is 9.95. The average Bonchev–Trinajstić information content (AvgIpc) is 3.59. The Kier molecular flexibility index (Phi) is 7.85. The van der Waals surface area contributed by atoms with Crippen LogP contribution in [0, 0.1) is 35.8 Å². The molecule has 0 aliphatic carbocycles. The van der Waals surface area contributed by atoms with Gasteiger partial charge in [0.25, 0.3) is 0 Å². The summed E-state index contributed by atoms with van der Waals surface area (Å²) >= 11 is 0. The fraction of sp³-hybridized carbons (Fsp3) is 0.400. The van der Waals surface area contributed by atoms with E-state index in [9.17, 15) is 9.50 Å². The number of methoxy groups -OCH3 is 1. The molecule has 3 aliphatic heterocycles. The number of anilines is 1. The number of rotatable bonds is 6. The zero-order valence-electron chi connectivity index (χ0n) is 25.9. The van der Waals surface area contributed by atoms with Gasteiger partial charge in [-0.3, -0.25) is 4.90 Å². The van der Waals surface area contributed by atoms with Crippen LogP contribution in [0.15, 0.2) is 24.3 Å². The number of nitrogens with zero attached hydrogens (tertiary/aromatic N) is 5. The number of nitrogens with one attached hydrogen (secondary N) is 1. The number of phenols is 1. The van der Waals surface area contributed by atoms with Gasteiger partial charge in [-0.2, -0.15) is 9.97 Å². The lowest BCUT2D eigenvalue weighted by Crippen LogP contribution is -2.51. The van der Waals surface area contributed by atoms with Crippen molar-refractivity contribution in [3.8, 4) is 47.2 Å². The number of piperazine rings is 1. The van der Waals surface area contributed by atoms with Gasteiger partial charge in [-0.15, -0.1) is 6.42 Å². The van der Waals surface area contributed by atoms with Crippen LogP contribution in [0.5, 0.6) is 11.8 Å². The second-order valence-corrected chi connectivity index (χ2v) is 12.3. The van der Waals surface area contributed by atoms with E-state index >= 15 is 4.39 Å². The minimum Gasteiger partial charge on any atom is -0.508 e. The predicted molar refractivity (Wildman–Crippen MR) is 172 cm³/mol. The molecule has 46 heavy (non-hydrogen) atoms. The van der Waals surface area contributed by atoms with Crippen molar-refractivity contribution < 1.29 is 23.4 Å². The smallest absolute Gasteiger partial charge is 0.319 e. The van der Waals surface area contributed by atoms with Crippen molar-refractivity contribution in [1.29, 1.82) is 0 Å². The summed E-state index contributed by atoms with van der Waals surface area (Å²) in [5.74, 6) is 7.24. The summed E-state index contributed by atoms with van der Waals surface area (Å²) < 4.78 is 43.7. The molecule has 2 bridgehead atoms. The minimum absolute atomic E-state index is 0.0293. The molecule has 0 saturated carbocycles. The van der Waals surface area contributed by atoms with Crippen molar-refractivity contribution in [3.63, 3.8) is 0 Å². The van der Waals surface area contributed by atoms with Gasteiger partial charge in [0.15, 0.2) is 5.82 Å². The van der Waals surface area contributed by atoms with E-state index in [1.807, 2.05) is 7.05 Å². The topological polar surface area (TPSA) is 95.9 Å². The number of likely N-dealkylation sites (tertiary alicyclic amines) is 1. The maximum absolute atomic E-state index is 17.0. The van der Waals surface area contributed by atoms with Gasteiger partial charge >= 0.3 is 6.01 Å². The first-order valence-corrected chi connectivity index (χ1v) is 15.4. The Hall–Kier alpha value is -4.55. The molecule has 2 N–H and O–H groups in total. The number of terminal acetylenes is 1. The highest BCUT2D eigenvalue weighted by Gasteiger charge is 2.36. The van der Waals surface area contributed by atoms with Gasteiger partial charge < -0.3 is 24.8 Å². The Bertz CT molecular complexity index is 1960. The Morgan fingerprint density at radius 3 is 2.57 bits per heavy atom. The number of likely N-dealkylation sites (N-methyl/N-ethyl adjacent to an activating group) is 1. The number of hydrogen-bond donors (Lipinski definition) is 2. The van der Waals surface area contributed by atoms with Crippen LogP contribution >= 0.6 is 0 Å². The lowest BCUT2D eigenvalue weighted by molar-refractivity contribution is 0.111. The number of fused-ring (bicyclic) bond motifs is 4. The Balaban J connectivity index is 1.44. The SMILES string of the molecule is C#Cc1c(F)ccc2cc(O)cc(-c3nc(C#CC)c4c(N5C[C@H]6CC[C@@H](C5)N6)nc(OC[C@@H]5C[C@@H](OC)CN5C)nc4c3F)c12. The summed E-state index contributed by atoms with van der Waals surface area (Å²) in [6.45, 7) is 4.08. The van der Waals surface area contributed by atoms with E-state index in [1.54, 1.807) is 14.0 Å². The highest BCUT2D eigenvalue weighted by molar-refractivity contribution is 6.04. The van der Waals surface area contributed by atoms with Crippen molar-refractivity contribution in [2.75, 3.05) is 45.3 Å². The van der Waals surface area contributed by atoms with Crippen LogP contribution < -0.4 is 15.0 Å².